The molecule has 0 atom stereocenters. The Morgan fingerprint density at radius 3 is 1.08 bits per heavy atom. The van der Waals surface area contributed by atoms with E-state index in [1.165, 1.54) is 16.7 Å². The maximum Gasteiger partial charge on any atom is 0.204 e. The van der Waals surface area contributed by atoms with Crippen LogP contribution in [0, 0.1) is 11.5 Å². The third kappa shape index (κ3) is 5.67. The molecule has 0 bridgehead atoms. The molecule has 0 saturated heterocycles. The van der Waals surface area contributed by atoms with Crippen LogP contribution in [0.15, 0.2) is 16.7 Å². The van der Waals surface area contributed by atoms with Gasteiger partial charge >= 0.3 is 0 Å². The first kappa shape index (κ1) is 27.6. The van der Waals surface area contributed by atoms with Crippen molar-refractivity contribution in [3.63, 3.8) is 0 Å². The smallest absolute Gasteiger partial charge is 0.204 e. The van der Waals surface area contributed by atoms with Crippen LogP contribution in [0.25, 0.3) is 0 Å². The van der Waals surface area contributed by atoms with Crippen molar-refractivity contribution in [3.05, 3.63) is 22.8 Å². The second kappa shape index (κ2) is 8.17. The van der Waals surface area contributed by atoms with Gasteiger partial charge < -0.3 is 4.80 Å². The van der Waals surface area contributed by atoms with E-state index in [4.69, 9.17) is 0 Å². The molecule has 1 nitrogen and oxygen atoms in total. The minimum Gasteiger partial charge on any atom is -0.430 e. The zero-order valence-corrected chi connectivity index (χ0v) is 22.0. The Hall–Kier alpha value is 0.371. The van der Waals surface area contributed by atoms with E-state index in [2.05, 4.69) is 103 Å². The second-order valence-corrected chi connectivity index (χ2v) is 17.0. The van der Waals surface area contributed by atoms with Crippen molar-refractivity contribution in [2.24, 2.45) is 5.41 Å². The van der Waals surface area contributed by atoms with E-state index in [-0.39, 0.29) is 42.2 Å². The maximum atomic E-state index is 11.2. The van der Waals surface area contributed by atoms with Crippen LogP contribution in [-0.4, -0.2) is 13.1 Å². The summed E-state index contributed by atoms with van der Waals surface area (Å²) in [7, 11) is -2.35. The summed E-state index contributed by atoms with van der Waals surface area (Å²) in [6, 6.07) is 0. The average Bonchev–Trinajstić information content (AvgIpc) is 2.47. The van der Waals surface area contributed by atoms with Gasteiger partial charge in [-0.2, -0.15) is 11.1 Å². The molecule has 1 aliphatic carbocycles. The fourth-order valence-corrected chi connectivity index (χ4v) is 11.5. The molecule has 0 fully saturated rings. The predicted molar refractivity (Wildman–Crippen MR) is 112 cm³/mol. The van der Waals surface area contributed by atoms with E-state index in [9.17, 15) is 4.80 Å². The van der Waals surface area contributed by atoms with Crippen molar-refractivity contribution in [2.75, 3.05) is 0 Å². The van der Waals surface area contributed by atoms with Crippen molar-refractivity contribution >= 4 is 8.32 Å². The van der Waals surface area contributed by atoms with Crippen LogP contribution in [0.3, 0.4) is 0 Å². The Labute approximate surface area is 174 Å². The SMILES string of the molecule is CC(C)(C)[Si](O)(C(C)(C)C)C(C)(C)C.CC1=[C-]C(C)(C)C(C)=C1C.[Ti]. The van der Waals surface area contributed by atoms with Gasteiger partial charge in [-0.05, 0) is 15.1 Å². The van der Waals surface area contributed by atoms with Gasteiger partial charge in [0.05, 0.1) is 0 Å². The molecule has 25 heavy (non-hydrogen) atoms. The summed E-state index contributed by atoms with van der Waals surface area (Å²) in [5.41, 5.74) is 4.39. The number of allylic oxidation sites excluding steroid dienone is 4. The summed E-state index contributed by atoms with van der Waals surface area (Å²) in [5.74, 6) is 0. The summed E-state index contributed by atoms with van der Waals surface area (Å²) in [5, 5.41) is 0.0521. The summed E-state index contributed by atoms with van der Waals surface area (Å²) in [4.78, 5) is 11.2. The van der Waals surface area contributed by atoms with Crippen LogP contribution in [0.2, 0.25) is 15.1 Å². The Bertz CT molecular complexity index is 484. The van der Waals surface area contributed by atoms with E-state index >= 15 is 0 Å². The van der Waals surface area contributed by atoms with Crippen molar-refractivity contribution in [1.29, 1.82) is 0 Å². The number of hydrogen-bond acceptors (Lipinski definition) is 1. The van der Waals surface area contributed by atoms with Gasteiger partial charge in [0.15, 0.2) is 0 Å². The van der Waals surface area contributed by atoms with E-state index in [1.807, 2.05) is 0 Å². The van der Waals surface area contributed by atoms with Gasteiger partial charge in [0, 0.05) is 21.7 Å². The molecule has 0 spiro atoms. The molecule has 0 aromatic heterocycles. The van der Waals surface area contributed by atoms with Gasteiger partial charge in [0.25, 0.3) is 0 Å². The molecule has 0 aliphatic heterocycles. The molecule has 1 N–H and O–H groups in total. The first-order valence-corrected chi connectivity index (χ1v) is 11.2. The molecular formula is C22H43OSiTi-. The molecule has 0 aromatic rings. The maximum absolute atomic E-state index is 11.2. The van der Waals surface area contributed by atoms with Crippen molar-refractivity contribution < 1.29 is 26.5 Å². The minimum absolute atomic E-state index is 0. The molecule has 0 heterocycles. The summed E-state index contributed by atoms with van der Waals surface area (Å²) in [6.07, 6.45) is 3.44. The third-order valence-corrected chi connectivity index (χ3v) is 12.3. The summed E-state index contributed by atoms with van der Waals surface area (Å²) >= 11 is 0. The van der Waals surface area contributed by atoms with Gasteiger partial charge in [0.1, 0.15) is 0 Å². The van der Waals surface area contributed by atoms with Crippen molar-refractivity contribution in [1.82, 2.24) is 0 Å². The fourth-order valence-electron chi connectivity index (χ4n) is 4.78. The van der Waals surface area contributed by atoms with Crippen molar-refractivity contribution in [2.45, 2.75) is 112 Å². The number of hydrogen-bond donors (Lipinski definition) is 1. The van der Waals surface area contributed by atoms with E-state index in [0.717, 1.165) is 0 Å². The van der Waals surface area contributed by atoms with Crippen LogP contribution < -0.4 is 0 Å². The largest absolute Gasteiger partial charge is 0.430 e. The molecule has 0 saturated carbocycles. The first-order valence-electron chi connectivity index (χ1n) is 9.22. The molecule has 1 aliphatic rings. The average molecular weight is 400 g/mol. The molecular weight excluding hydrogens is 356 g/mol. The topological polar surface area (TPSA) is 20.2 Å². The zero-order chi connectivity index (χ0) is 19.9. The van der Waals surface area contributed by atoms with Gasteiger partial charge in [-0.1, -0.05) is 95.4 Å². The Morgan fingerprint density at radius 2 is 1.04 bits per heavy atom. The quantitative estimate of drug-likeness (QED) is 0.332. The molecule has 0 aromatic carbocycles. The van der Waals surface area contributed by atoms with Gasteiger partial charge in [-0.15, -0.1) is 6.92 Å². The molecule has 0 unspecified atom stereocenters. The van der Waals surface area contributed by atoms with E-state index in [1.54, 1.807) is 0 Å². The van der Waals surface area contributed by atoms with Crippen LogP contribution in [0.1, 0.15) is 96.9 Å². The van der Waals surface area contributed by atoms with Gasteiger partial charge in [-0.3, -0.25) is 6.08 Å². The minimum atomic E-state index is -2.35. The third-order valence-electron chi connectivity index (χ3n) is 5.82. The van der Waals surface area contributed by atoms with Crippen LogP contribution in [0.4, 0.5) is 0 Å². The van der Waals surface area contributed by atoms with Gasteiger partial charge in [0.2, 0.25) is 8.32 Å². The van der Waals surface area contributed by atoms with Crippen LogP contribution >= 0.6 is 0 Å². The van der Waals surface area contributed by atoms with Crippen LogP contribution in [-0.2, 0) is 21.7 Å². The molecule has 3 heteroatoms. The van der Waals surface area contributed by atoms with E-state index in [0.29, 0.717) is 0 Å². The Morgan fingerprint density at radius 1 is 0.760 bits per heavy atom. The molecule has 146 valence electrons. The number of rotatable bonds is 0. The van der Waals surface area contributed by atoms with E-state index < -0.39 is 8.32 Å². The Balaban J connectivity index is 0. The standard InChI is InChI=1S/C12H28OSi.C10H15.Ti/c1-10(2,3)14(13,11(4,5)6)12(7,8)9;1-7-6-10(4,5)9(3)8(7)2;/h13H,1-9H3;1-5H3;/q;-1;. The summed E-state index contributed by atoms with van der Waals surface area (Å²) < 4.78 is 0. The fraction of sp³-hybridized carbons (Fsp3) is 0.818. The Kier molecular flexibility index (Phi) is 9.01. The zero-order valence-electron chi connectivity index (χ0n) is 19.4. The second-order valence-electron chi connectivity index (χ2n) is 11.1. The molecule has 0 radical (unpaired) electrons. The summed E-state index contributed by atoms with van der Waals surface area (Å²) in [6.45, 7) is 30.5. The molecule has 1 rings (SSSR count). The van der Waals surface area contributed by atoms with Crippen molar-refractivity contribution in [3.8, 4) is 0 Å². The monoisotopic (exact) mass is 399 g/mol. The first-order chi connectivity index (χ1) is 10.2. The van der Waals surface area contributed by atoms with Gasteiger partial charge in [-0.25, -0.2) is 5.57 Å². The molecule has 0 amide bonds. The normalized spacial score (nSPS) is 18.3. The van der Waals surface area contributed by atoms with Crippen LogP contribution in [0.5, 0.6) is 0 Å². The predicted octanol–water partition coefficient (Wildman–Crippen LogP) is 7.43.